The molecule has 55 heavy (non-hydrogen) atoms. The van der Waals surface area contributed by atoms with Gasteiger partial charge in [0.25, 0.3) is 11.7 Å². The van der Waals surface area contributed by atoms with Gasteiger partial charge in [0.05, 0.1) is 24.2 Å². The SMILES string of the molecule is CCCC(OC)C1OC(O)(C(=O)C(=O)N2CCCC2C(=O)OC(/C(C)=C/C2CCC(C)C(OC)C2)C(C)/C(O)=C/C(=O)C(C)/C=C(\C)CC)C(C)CC1OC. The molecule has 0 spiro atoms. The molecule has 12 heteroatoms. The van der Waals surface area contributed by atoms with Crippen LogP contribution in [0.1, 0.15) is 113 Å². The first kappa shape index (κ1) is 46.5. The maximum atomic E-state index is 14.1. The number of aliphatic hydroxyl groups excluding tert-OH is 1. The van der Waals surface area contributed by atoms with Gasteiger partial charge in [-0.3, -0.25) is 14.4 Å². The van der Waals surface area contributed by atoms with Gasteiger partial charge in [0.1, 0.15) is 24.0 Å². The van der Waals surface area contributed by atoms with Crippen LogP contribution < -0.4 is 0 Å². The summed E-state index contributed by atoms with van der Waals surface area (Å²) >= 11 is 0. The van der Waals surface area contributed by atoms with Gasteiger partial charge in [-0.2, -0.15) is 0 Å². The average Bonchev–Trinajstić information content (AvgIpc) is 3.66. The van der Waals surface area contributed by atoms with Crippen molar-refractivity contribution in [2.45, 2.75) is 156 Å². The zero-order valence-electron chi connectivity index (χ0n) is 35.2. The molecule has 1 aliphatic carbocycles. The Morgan fingerprint density at radius 1 is 0.982 bits per heavy atom. The predicted molar refractivity (Wildman–Crippen MR) is 209 cm³/mol. The molecular formula is C43H69NO11. The van der Waals surface area contributed by atoms with E-state index >= 15 is 0 Å². The number of carbonyl (C=O) groups excluding carboxylic acids is 4. The highest BCUT2D eigenvalue weighted by Crippen LogP contribution is 2.38. The van der Waals surface area contributed by atoms with E-state index in [2.05, 4.69) is 13.0 Å². The number of methoxy groups -OCH3 is 3. The van der Waals surface area contributed by atoms with Crippen LogP contribution in [0.4, 0.5) is 0 Å². The lowest BCUT2D eigenvalue weighted by molar-refractivity contribution is -0.302. The molecule has 0 aromatic heterocycles. The molecule has 12 atom stereocenters. The van der Waals surface area contributed by atoms with Gasteiger partial charge in [0.2, 0.25) is 5.79 Å². The van der Waals surface area contributed by atoms with E-state index in [-0.39, 0.29) is 43.0 Å². The maximum Gasteiger partial charge on any atom is 0.329 e. The third-order valence-corrected chi connectivity index (χ3v) is 12.2. The number of Topliss-reactive ketones (excluding diaryl/α,β-unsaturated/α-hetero) is 1. The highest BCUT2D eigenvalue weighted by Gasteiger charge is 2.56. The molecule has 1 saturated carbocycles. The second-order valence-electron chi connectivity index (χ2n) is 16.2. The molecule has 3 fully saturated rings. The lowest BCUT2D eigenvalue weighted by atomic mass is 9.79. The van der Waals surface area contributed by atoms with Crippen molar-refractivity contribution in [3.8, 4) is 0 Å². The van der Waals surface area contributed by atoms with E-state index < -0.39 is 71.7 Å². The highest BCUT2D eigenvalue weighted by molar-refractivity contribution is 6.39. The minimum Gasteiger partial charge on any atom is -0.512 e. The van der Waals surface area contributed by atoms with Crippen molar-refractivity contribution in [3.63, 3.8) is 0 Å². The van der Waals surface area contributed by atoms with Crippen LogP contribution in [0.3, 0.4) is 0 Å². The van der Waals surface area contributed by atoms with E-state index in [0.717, 1.165) is 42.6 Å². The van der Waals surface area contributed by atoms with E-state index in [9.17, 15) is 29.4 Å². The summed E-state index contributed by atoms with van der Waals surface area (Å²) in [5, 5.41) is 23.1. The number of rotatable bonds is 18. The summed E-state index contributed by atoms with van der Waals surface area (Å²) in [7, 11) is 4.76. The number of nitrogens with zero attached hydrogens (tertiary/aromatic N) is 1. The normalized spacial score (nSPS) is 31.7. The molecule has 3 rings (SSSR count). The quantitative estimate of drug-likeness (QED) is 0.0519. The zero-order valence-corrected chi connectivity index (χ0v) is 35.2. The number of aliphatic hydroxyl groups is 2. The number of ketones is 2. The average molecular weight is 776 g/mol. The summed E-state index contributed by atoms with van der Waals surface area (Å²) in [6.07, 6.45) is 8.21. The van der Waals surface area contributed by atoms with Crippen molar-refractivity contribution in [1.82, 2.24) is 4.90 Å². The van der Waals surface area contributed by atoms with Crippen LogP contribution in [0.15, 0.2) is 35.1 Å². The molecule has 2 aliphatic heterocycles. The van der Waals surface area contributed by atoms with Gasteiger partial charge < -0.3 is 38.8 Å². The third kappa shape index (κ3) is 11.4. The number of ether oxygens (including phenoxy) is 5. The molecule has 2 saturated heterocycles. The molecule has 0 aromatic rings. The Bertz CT molecular complexity index is 1420. The second kappa shape index (κ2) is 21.0. The Morgan fingerprint density at radius 3 is 2.25 bits per heavy atom. The van der Waals surface area contributed by atoms with Crippen LogP contribution >= 0.6 is 0 Å². The Labute approximate surface area is 329 Å². The topological polar surface area (TPSA) is 158 Å². The molecule has 0 bridgehead atoms. The van der Waals surface area contributed by atoms with E-state index in [4.69, 9.17) is 23.7 Å². The molecule has 312 valence electrons. The molecule has 2 heterocycles. The molecule has 2 N–H and O–H groups in total. The van der Waals surface area contributed by atoms with Crippen molar-refractivity contribution >= 4 is 23.4 Å². The van der Waals surface area contributed by atoms with Crippen LogP contribution in [0, 0.1) is 29.6 Å². The summed E-state index contributed by atoms with van der Waals surface area (Å²) in [4.78, 5) is 56.3. The fourth-order valence-corrected chi connectivity index (χ4v) is 8.35. The standard InChI is InChI=1S/C43H69NO11/c1-12-15-35(51-9)39-37(53-11)22-29(7)43(50,55-39)40(47)41(48)44-19-14-16-32(44)42(49)54-38(28(6)21-31-18-17-26(4)36(23-31)52-10)30(8)34(46)24-33(45)27(5)20-25(3)13-2/h20-21,24,26-27,29-32,35-39,46,50H,12-19,22-23H2,1-11H3/b25-20+,28-21+,34-24-. The number of likely N-dealkylation sites (tertiary alicyclic amines) is 1. The lowest BCUT2D eigenvalue weighted by Gasteiger charge is -2.46. The number of esters is 1. The summed E-state index contributed by atoms with van der Waals surface area (Å²) < 4.78 is 29.3. The van der Waals surface area contributed by atoms with E-state index in [1.54, 1.807) is 27.9 Å². The predicted octanol–water partition coefficient (Wildman–Crippen LogP) is 6.44. The van der Waals surface area contributed by atoms with E-state index in [1.807, 2.05) is 33.8 Å². The number of allylic oxidation sites excluding steroid dienone is 4. The number of hydrogen-bond acceptors (Lipinski definition) is 11. The molecule has 12 nitrogen and oxygen atoms in total. The first-order valence-electron chi connectivity index (χ1n) is 20.3. The van der Waals surface area contributed by atoms with Gasteiger partial charge in [-0.15, -0.1) is 0 Å². The Balaban J connectivity index is 1.91. The van der Waals surface area contributed by atoms with Crippen molar-refractivity contribution in [3.05, 3.63) is 35.1 Å². The number of carbonyl (C=O) groups is 4. The lowest BCUT2D eigenvalue weighted by Crippen LogP contribution is -2.63. The van der Waals surface area contributed by atoms with Gasteiger partial charge in [0.15, 0.2) is 5.78 Å². The molecule has 1 amide bonds. The number of amides is 1. The third-order valence-electron chi connectivity index (χ3n) is 12.2. The maximum absolute atomic E-state index is 14.1. The molecular weight excluding hydrogens is 706 g/mol. The largest absolute Gasteiger partial charge is 0.512 e. The van der Waals surface area contributed by atoms with Crippen LogP contribution in [0.2, 0.25) is 0 Å². The monoisotopic (exact) mass is 775 g/mol. The zero-order chi connectivity index (χ0) is 41.2. The fourth-order valence-electron chi connectivity index (χ4n) is 8.35. The van der Waals surface area contributed by atoms with Crippen LogP contribution in [0.25, 0.3) is 0 Å². The van der Waals surface area contributed by atoms with Crippen LogP contribution in [-0.4, -0.2) is 109 Å². The van der Waals surface area contributed by atoms with Crippen LogP contribution in [0.5, 0.6) is 0 Å². The van der Waals surface area contributed by atoms with Gasteiger partial charge in [-0.1, -0.05) is 65.7 Å². The van der Waals surface area contributed by atoms with Crippen molar-refractivity contribution < 1.29 is 53.1 Å². The van der Waals surface area contributed by atoms with Gasteiger partial charge in [0, 0.05) is 45.8 Å². The summed E-state index contributed by atoms with van der Waals surface area (Å²) in [6.45, 7) is 15.1. The Hall–Kier alpha value is -2.90. The second-order valence-corrected chi connectivity index (χ2v) is 16.2. The molecule has 12 unspecified atom stereocenters. The highest BCUT2D eigenvalue weighted by atomic mass is 16.7. The minimum atomic E-state index is -2.46. The van der Waals surface area contributed by atoms with Crippen molar-refractivity contribution in [1.29, 1.82) is 0 Å². The molecule has 3 aliphatic rings. The Kier molecular flexibility index (Phi) is 17.8. The first-order chi connectivity index (χ1) is 26.0. The van der Waals surface area contributed by atoms with E-state index in [0.29, 0.717) is 24.3 Å². The smallest absolute Gasteiger partial charge is 0.329 e. The van der Waals surface area contributed by atoms with Crippen molar-refractivity contribution in [2.75, 3.05) is 27.9 Å². The Morgan fingerprint density at radius 2 is 1.65 bits per heavy atom. The summed E-state index contributed by atoms with van der Waals surface area (Å²) in [5.74, 6) is -7.40. The van der Waals surface area contributed by atoms with Gasteiger partial charge in [-0.05, 0) is 82.6 Å². The van der Waals surface area contributed by atoms with Crippen molar-refractivity contribution in [2.24, 2.45) is 29.6 Å². The first-order valence-corrected chi connectivity index (χ1v) is 20.3. The van der Waals surface area contributed by atoms with E-state index in [1.165, 1.54) is 20.3 Å². The van der Waals surface area contributed by atoms with Crippen LogP contribution in [-0.2, 0) is 42.9 Å². The number of hydrogen-bond donors (Lipinski definition) is 2. The summed E-state index contributed by atoms with van der Waals surface area (Å²) in [5.41, 5.74) is 1.76. The van der Waals surface area contributed by atoms with Gasteiger partial charge >= 0.3 is 5.97 Å². The summed E-state index contributed by atoms with van der Waals surface area (Å²) in [6, 6.07) is -1.11. The molecule has 0 aromatic carbocycles. The fraction of sp³-hybridized carbons (Fsp3) is 0.767. The minimum absolute atomic E-state index is 0.0808. The molecule has 0 radical (unpaired) electrons. The van der Waals surface area contributed by atoms with Gasteiger partial charge in [-0.25, -0.2) is 4.79 Å².